The molecule has 3 heterocycles. The number of ether oxygens (including phenoxy) is 2. The maximum Gasteiger partial charge on any atom is 0.475 e. The number of halogens is 1. The predicted octanol–water partition coefficient (Wildman–Crippen LogP) is 3.03. The molecule has 1 aromatic carbocycles. The van der Waals surface area contributed by atoms with Gasteiger partial charge in [-0.3, -0.25) is 22.9 Å². The van der Waals surface area contributed by atoms with Crippen molar-refractivity contribution in [3.63, 3.8) is 0 Å². The number of fused-ring (bicyclic) bond motifs is 1. The van der Waals surface area contributed by atoms with E-state index in [1.165, 1.54) is 16.8 Å². The van der Waals surface area contributed by atoms with Crippen LogP contribution in [0, 0.1) is 0 Å². The molecule has 12 heteroatoms. The number of alkyl halides is 1. The van der Waals surface area contributed by atoms with Gasteiger partial charge in [0.05, 0.1) is 19.3 Å². The van der Waals surface area contributed by atoms with Crippen LogP contribution in [0.5, 0.6) is 0 Å². The van der Waals surface area contributed by atoms with E-state index < -0.39 is 48.5 Å². The molecule has 0 aliphatic carbocycles. The standard InChI is InChI=1S/C21H26ClN2O8P/c1-14(2)31-33(27)29-12-16-18(32-33)21(3,22)19(30-16)23-10-9-17(25)24(20(23)26)13-28-11-15-7-5-4-6-8-15/h4-10,14,16,18-19H,11-13H2,1-3H3/t16-,18-,19-,21-,33?/m1/s1. The smallest absolute Gasteiger partial charge is 0.356 e. The summed E-state index contributed by atoms with van der Waals surface area (Å²) in [4.78, 5) is 24.2. The van der Waals surface area contributed by atoms with E-state index in [2.05, 4.69) is 0 Å². The van der Waals surface area contributed by atoms with Crippen LogP contribution in [0.15, 0.2) is 52.2 Å². The fraction of sp³-hybridized carbons (Fsp3) is 0.524. The molecule has 0 bridgehead atoms. The molecule has 180 valence electrons. The Morgan fingerprint density at radius 1 is 1.24 bits per heavy atom. The van der Waals surface area contributed by atoms with Crippen molar-refractivity contribution < 1.29 is 27.6 Å². The number of hydrogen-bond donors (Lipinski definition) is 0. The lowest BCUT2D eigenvalue weighted by Gasteiger charge is -2.35. The van der Waals surface area contributed by atoms with E-state index in [1.54, 1.807) is 20.8 Å². The van der Waals surface area contributed by atoms with Crippen LogP contribution in [-0.2, 0) is 40.9 Å². The molecule has 1 unspecified atom stereocenters. The first-order chi connectivity index (χ1) is 15.6. The Kier molecular flexibility index (Phi) is 6.98. The van der Waals surface area contributed by atoms with Gasteiger partial charge in [0.1, 0.15) is 23.8 Å². The van der Waals surface area contributed by atoms with Crippen molar-refractivity contribution in [2.24, 2.45) is 0 Å². The van der Waals surface area contributed by atoms with Gasteiger partial charge in [0.25, 0.3) is 5.56 Å². The van der Waals surface area contributed by atoms with Gasteiger partial charge in [-0.1, -0.05) is 30.3 Å². The molecule has 0 amide bonds. The normalized spacial score (nSPS) is 31.6. The molecule has 5 atom stereocenters. The predicted molar refractivity (Wildman–Crippen MR) is 119 cm³/mol. The van der Waals surface area contributed by atoms with E-state index in [1.807, 2.05) is 30.3 Å². The number of hydrogen-bond acceptors (Lipinski definition) is 8. The second-order valence-electron chi connectivity index (χ2n) is 8.34. The highest BCUT2D eigenvalue weighted by Gasteiger charge is 2.60. The second-order valence-corrected chi connectivity index (χ2v) is 10.7. The molecular formula is C21H26ClN2O8P. The largest absolute Gasteiger partial charge is 0.475 e. The quantitative estimate of drug-likeness (QED) is 0.422. The topological polar surface area (TPSA) is 107 Å². The van der Waals surface area contributed by atoms with E-state index in [9.17, 15) is 14.2 Å². The van der Waals surface area contributed by atoms with Crippen molar-refractivity contribution in [2.45, 2.75) is 63.5 Å². The highest BCUT2D eigenvalue weighted by atomic mass is 35.5. The van der Waals surface area contributed by atoms with Crippen molar-refractivity contribution in [1.29, 1.82) is 0 Å². The molecule has 2 fully saturated rings. The average Bonchev–Trinajstić information content (AvgIpc) is 3.00. The third kappa shape index (κ3) is 5.02. The highest BCUT2D eigenvalue weighted by molar-refractivity contribution is 7.48. The number of phosphoric acid groups is 1. The van der Waals surface area contributed by atoms with Gasteiger partial charge in [-0.2, -0.15) is 0 Å². The molecule has 33 heavy (non-hydrogen) atoms. The molecule has 10 nitrogen and oxygen atoms in total. The first kappa shape index (κ1) is 24.3. The van der Waals surface area contributed by atoms with Gasteiger partial charge in [0, 0.05) is 12.3 Å². The Bertz CT molecular complexity index is 1150. The van der Waals surface area contributed by atoms with Crippen LogP contribution in [0.1, 0.15) is 32.6 Å². The molecule has 2 aromatic rings. The molecule has 4 rings (SSSR count). The Morgan fingerprint density at radius 3 is 2.67 bits per heavy atom. The first-order valence-corrected chi connectivity index (χ1v) is 12.3. The first-order valence-electron chi connectivity index (χ1n) is 10.5. The molecule has 2 saturated heterocycles. The number of aromatic nitrogens is 2. The molecule has 0 N–H and O–H groups in total. The van der Waals surface area contributed by atoms with Gasteiger partial charge >= 0.3 is 13.5 Å². The third-order valence-electron chi connectivity index (χ3n) is 5.34. The summed E-state index contributed by atoms with van der Waals surface area (Å²) in [7, 11) is -3.84. The molecule has 0 spiro atoms. The van der Waals surface area contributed by atoms with Crippen molar-refractivity contribution in [2.75, 3.05) is 6.61 Å². The van der Waals surface area contributed by atoms with Gasteiger partial charge in [-0.25, -0.2) is 13.9 Å². The minimum atomic E-state index is -3.84. The van der Waals surface area contributed by atoms with Crippen molar-refractivity contribution in [3.05, 3.63) is 69.0 Å². The zero-order valence-corrected chi connectivity index (χ0v) is 20.1. The molecule has 2 aliphatic rings. The second kappa shape index (κ2) is 9.46. The monoisotopic (exact) mass is 500 g/mol. The van der Waals surface area contributed by atoms with Crippen LogP contribution in [0.25, 0.3) is 0 Å². The molecule has 1 aromatic heterocycles. The fourth-order valence-electron chi connectivity index (χ4n) is 3.81. The molecule has 0 radical (unpaired) electrons. The van der Waals surface area contributed by atoms with Gasteiger partial charge in [0.15, 0.2) is 6.23 Å². The summed E-state index contributed by atoms with van der Waals surface area (Å²) >= 11 is 6.79. The van der Waals surface area contributed by atoms with Gasteiger partial charge < -0.3 is 9.47 Å². The van der Waals surface area contributed by atoms with Gasteiger partial charge in [0.2, 0.25) is 0 Å². The molecule has 2 aliphatic heterocycles. The van der Waals surface area contributed by atoms with E-state index in [0.717, 1.165) is 10.1 Å². The van der Waals surface area contributed by atoms with Crippen LogP contribution >= 0.6 is 19.4 Å². The average molecular weight is 501 g/mol. The van der Waals surface area contributed by atoms with Gasteiger partial charge in [-0.15, -0.1) is 11.6 Å². The lowest BCUT2D eigenvalue weighted by Crippen LogP contribution is -2.47. The molecular weight excluding hydrogens is 475 g/mol. The number of phosphoric ester groups is 1. The minimum absolute atomic E-state index is 0.0813. The summed E-state index contributed by atoms with van der Waals surface area (Å²) < 4.78 is 42.8. The SMILES string of the molecule is CC(C)OP1(=O)OC[C@H]2O[C@@H](n3ccc(=O)n(COCc4ccccc4)c3=O)[C@](C)(Cl)[C@@H]2O1. The van der Waals surface area contributed by atoms with Crippen molar-refractivity contribution in [1.82, 2.24) is 9.13 Å². The van der Waals surface area contributed by atoms with Crippen LogP contribution in [-0.4, -0.2) is 38.9 Å². The van der Waals surface area contributed by atoms with Crippen LogP contribution < -0.4 is 11.2 Å². The lowest BCUT2D eigenvalue weighted by atomic mass is 10.0. The Morgan fingerprint density at radius 2 is 1.97 bits per heavy atom. The summed E-state index contributed by atoms with van der Waals surface area (Å²) in [5, 5.41) is 0. The summed E-state index contributed by atoms with van der Waals surface area (Å²) in [5.41, 5.74) is -0.275. The van der Waals surface area contributed by atoms with Crippen LogP contribution in [0.2, 0.25) is 0 Å². The maximum absolute atomic E-state index is 13.1. The molecule has 0 saturated carbocycles. The van der Waals surface area contributed by atoms with E-state index >= 15 is 0 Å². The zero-order valence-electron chi connectivity index (χ0n) is 18.5. The van der Waals surface area contributed by atoms with Crippen molar-refractivity contribution >= 4 is 19.4 Å². The Balaban J connectivity index is 1.55. The Hall–Kier alpha value is -1.78. The number of benzene rings is 1. The van der Waals surface area contributed by atoms with Crippen molar-refractivity contribution in [3.8, 4) is 0 Å². The Labute approximate surface area is 195 Å². The third-order valence-corrected chi connectivity index (χ3v) is 7.37. The summed E-state index contributed by atoms with van der Waals surface area (Å²) in [6.45, 7) is 4.92. The highest BCUT2D eigenvalue weighted by Crippen LogP contribution is 2.60. The van der Waals surface area contributed by atoms with E-state index in [-0.39, 0.29) is 19.9 Å². The number of nitrogens with zero attached hydrogens (tertiary/aromatic N) is 2. The van der Waals surface area contributed by atoms with E-state index in [0.29, 0.717) is 0 Å². The number of rotatable bonds is 7. The summed E-state index contributed by atoms with van der Waals surface area (Å²) in [6.07, 6.45) is -1.65. The lowest BCUT2D eigenvalue weighted by molar-refractivity contribution is -0.0754. The fourth-order valence-corrected chi connectivity index (χ4v) is 5.87. The maximum atomic E-state index is 13.1. The van der Waals surface area contributed by atoms with Gasteiger partial charge in [-0.05, 0) is 26.3 Å². The van der Waals surface area contributed by atoms with Crippen LogP contribution in [0.3, 0.4) is 0 Å². The van der Waals surface area contributed by atoms with E-state index in [4.69, 9.17) is 34.6 Å². The minimum Gasteiger partial charge on any atom is -0.356 e. The van der Waals surface area contributed by atoms with Crippen LogP contribution in [0.4, 0.5) is 0 Å². The zero-order chi connectivity index (χ0) is 23.8. The summed E-state index contributed by atoms with van der Waals surface area (Å²) in [5.74, 6) is 0. The summed E-state index contributed by atoms with van der Waals surface area (Å²) in [6, 6.07) is 10.6.